The highest BCUT2D eigenvalue weighted by Crippen LogP contribution is 2.34. The molecule has 2 aromatic heterocycles. The maximum atomic E-state index is 13.5. The molecular weight excluding hydrogens is 462 g/mol. The number of thioether (sulfide) groups is 1. The van der Waals surface area contributed by atoms with E-state index in [0.717, 1.165) is 17.3 Å². The van der Waals surface area contributed by atoms with Crippen molar-refractivity contribution in [3.8, 4) is 0 Å². The number of rotatable bonds is 6. The number of aryl methyl sites for hydroxylation is 1. The molecule has 11 heteroatoms. The van der Waals surface area contributed by atoms with Crippen LogP contribution in [0.15, 0.2) is 28.0 Å². The van der Waals surface area contributed by atoms with E-state index in [9.17, 15) is 14.4 Å². The number of hydrogen-bond donors (Lipinski definition) is 1. The summed E-state index contributed by atoms with van der Waals surface area (Å²) in [5, 5.41) is 0. The van der Waals surface area contributed by atoms with Crippen LogP contribution in [0, 0.1) is 12.8 Å². The fourth-order valence-corrected chi connectivity index (χ4v) is 5.29. The predicted molar refractivity (Wildman–Crippen MR) is 132 cm³/mol. The van der Waals surface area contributed by atoms with Gasteiger partial charge in [0.15, 0.2) is 0 Å². The van der Waals surface area contributed by atoms with Crippen LogP contribution in [-0.4, -0.2) is 63.8 Å². The Bertz CT molecular complexity index is 1220. The molecule has 2 saturated heterocycles. The number of piperidine rings is 1. The van der Waals surface area contributed by atoms with Crippen molar-refractivity contribution in [2.75, 3.05) is 38.3 Å². The quantitative estimate of drug-likeness (QED) is 0.483. The zero-order valence-corrected chi connectivity index (χ0v) is 20.1. The molecule has 2 amide bonds. The monoisotopic (exact) mass is 487 g/mol. The van der Waals surface area contributed by atoms with E-state index in [1.165, 1.54) is 9.30 Å². The van der Waals surface area contributed by atoms with Gasteiger partial charge in [0.2, 0.25) is 5.91 Å². The highest BCUT2D eigenvalue weighted by atomic mass is 32.2. The zero-order valence-electron chi connectivity index (χ0n) is 18.4. The third kappa shape index (κ3) is 4.66. The lowest BCUT2D eigenvalue weighted by Gasteiger charge is -2.32. The van der Waals surface area contributed by atoms with Crippen LogP contribution >= 0.6 is 24.0 Å². The molecule has 174 valence electrons. The van der Waals surface area contributed by atoms with Crippen molar-refractivity contribution in [2.24, 2.45) is 11.7 Å². The Kier molecular flexibility index (Phi) is 6.82. The van der Waals surface area contributed by atoms with E-state index in [-0.39, 0.29) is 23.3 Å². The first kappa shape index (κ1) is 23.4. The number of anilines is 1. The number of carbonyl (C=O) groups excluding carboxylic acids is 2. The summed E-state index contributed by atoms with van der Waals surface area (Å²) in [5.41, 5.74) is 6.96. The molecule has 2 aliphatic heterocycles. The minimum atomic E-state index is -0.309. The number of hydrogen-bond acceptors (Lipinski definition) is 8. The van der Waals surface area contributed by atoms with Gasteiger partial charge in [-0.15, -0.1) is 0 Å². The first-order valence-corrected chi connectivity index (χ1v) is 11.8. The highest BCUT2D eigenvalue weighted by molar-refractivity contribution is 8.26. The van der Waals surface area contributed by atoms with E-state index in [0.29, 0.717) is 65.3 Å². The summed E-state index contributed by atoms with van der Waals surface area (Å²) in [6.07, 6.45) is 4.49. The number of amides is 2. The first-order chi connectivity index (χ1) is 15.8. The van der Waals surface area contributed by atoms with E-state index in [4.69, 9.17) is 27.7 Å². The number of methoxy groups -OCH3 is 1. The van der Waals surface area contributed by atoms with Crippen LogP contribution < -0.4 is 16.2 Å². The largest absolute Gasteiger partial charge is 0.383 e. The van der Waals surface area contributed by atoms with Crippen LogP contribution in [0.1, 0.15) is 24.0 Å². The van der Waals surface area contributed by atoms with Crippen molar-refractivity contribution in [1.82, 2.24) is 14.3 Å². The smallest absolute Gasteiger partial charge is 0.267 e. The molecule has 0 bridgehead atoms. The standard InChI is InChI=1S/C22H25N5O4S2/c1-13-3-4-17-24-19(25-7-5-14(6-8-25)18(23)28)15(20(29)27(17)12-13)11-16-21(30)26(9-10-31-2)22(32)33-16/h3-4,11-12,14H,5-10H2,1-2H3,(H2,23,28). The van der Waals surface area contributed by atoms with Gasteiger partial charge < -0.3 is 15.4 Å². The van der Waals surface area contributed by atoms with Gasteiger partial charge in [-0.1, -0.05) is 30.0 Å². The Morgan fingerprint density at radius 3 is 2.73 bits per heavy atom. The second-order valence-corrected chi connectivity index (χ2v) is 9.75. The van der Waals surface area contributed by atoms with Crippen molar-refractivity contribution in [2.45, 2.75) is 19.8 Å². The van der Waals surface area contributed by atoms with Gasteiger partial charge in [-0.25, -0.2) is 4.98 Å². The zero-order chi connectivity index (χ0) is 23.7. The normalized spacial score (nSPS) is 18.7. The lowest BCUT2D eigenvalue weighted by Crippen LogP contribution is -2.40. The number of nitrogens with zero attached hydrogens (tertiary/aromatic N) is 4. The predicted octanol–water partition coefficient (Wildman–Crippen LogP) is 1.55. The van der Waals surface area contributed by atoms with Crippen LogP contribution in [0.25, 0.3) is 11.7 Å². The molecule has 0 radical (unpaired) electrons. The van der Waals surface area contributed by atoms with Gasteiger partial charge in [0, 0.05) is 32.3 Å². The summed E-state index contributed by atoms with van der Waals surface area (Å²) >= 11 is 6.53. The fourth-order valence-electron chi connectivity index (χ4n) is 4.00. The van der Waals surface area contributed by atoms with Gasteiger partial charge in [0.05, 0.1) is 23.6 Å². The minimum absolute atomic E-state index is 0.189. The van der Waals surface area contributed by atoms with Gasteiger partial charge in [-0.05, 0) is 37.5 Å². The summed E-state index contributed by atoms with van der Waals surface area (Å²) in [6.45, 7) is 3.68. The van der Waals surface area contributed by atoms with Crippen LogP contribution in [0.3, 0.4) is 0 Å². The summed E-state index contributed by atoms with van der Waals surface area (Å²) in [7, 11) is 1.56. The van der Waals surface area contributed by atoms with E-state index in [2.05, 4.69) is 0 Å². The second kappa shape index (κ2) is 9.62. The molecule has 2 N–H and O–H groups in total. The summed E-state index contributed by atoms with van der Waals surface area (Å²) < 4.78 is 6.99. The topological polar surface area (TPSA) is 110 Å². The highest BCUT2D eigenvalue weighted by Gasteiger charge is 2.33. The number of fused-ring (bicyclic) bond motifs is 1. The molecule has 33 heavy (non-hydrogen) atoms. The Hall–Kier alpha value is -2.76. The van der Waals surface area contributed by atoms with Crippen LogP contribution in [-0.2, 0) is 14.3 Å². The Morgan fingerprint density at radius 2 is 2.06 bits per heavy atom. The Labute approximate surface area is 200 Å². The van der Waals surface area contributed by atoms with E-state index >= 15 is 0 Å². The number of pyridine rings is 1. The molecule has 9 nitrogen and oxygen atoms in total. The van der Waals surface area contributed by atoms with Crippen LogP contribution in [0.5, 0.6) is 0 Å². The molecular formula is C22H25N5O4S2. The van der Waals surface area contributed by atoms with Crippen molar-refractivity contribution in [3.05, 3.63) is 44.7 Å². The maximum absolute atomic E-state index is 13.5. The molecule has 2 aliphatic rings. The maximum Gasteiger partial charge on any atom is 0.267 e. The first-order valence-electron chi connectivity index (χ1n) is 10.6. The molecule has 0 saturated carbocycles. The summed E-state index contributed by atoms with van der Waals surface area (Å²) in [5.74, 6) is -0.259. The number of nitrogens with two attached hydrogens (primary N) is 1. The summed E-state index contributed by atoms with van der Waals surface area (Å²) in [6, 6.07) is 3.69. The molecule has 0 atom stereocenters. The SMILES string of the molecule is COCCN1C(=O)C(=Cc2c(N3CCC(C(N)=O)CC3)nc3ccc(C)cn3c2=O)SC1=S. The third-order valence-corrected chi connectivity index (χ3v) is 7.23. The van der Waals surface area contributed by atoms with E-state index in [1.807, 2.05) is 17.9 Å². The Morgan fingerprint density at radius 1 is 1.33 bits per heavy atom. The average Bonchev–Trinajstić information content (AvgIpc) is 3.06. The average molecular weight is 488 g/mol. The number of primary amides is 1. The van der Waals surface area contributed by atoms with E-state index in [1.54, 1.807) is 25.4 Å². The van der Waals surface area contributed by atoms with Crippen molar-refractivity contribution < 1.29 is 14.3 Å². The second-order valence-electron chi connectivity index (χ2n) is 8.08. The van der Waals surface area contributed by atoms with Crippen molar-refractivity contribution in [3.63, 3.8) is 0 Å². The number of thiocarbonyl (C=S) groups is 1. The Balaban J connectivity index is 1.79. The fraction of sp³-hybridized carbons (Fsp3) is 0.409. The lowest BCUT2D eigenvalue weighted by atomic mass is 9.96. The molecule has 0 spiro atoms. The van der Waals surface area contributed by atoms with Gasteiger partial charge in [0.1, 0.15) is 15.8 Å². The molecule has 2 aromatic rings. The van der Waals surface area contributed by atoms with Gasteiger partial charge in [0.25, 0.3) is 11.5 Å². The molecule has 0 unspecified atom stereocenters. The van der Waals surface area contributed by atoms with Crippen LogP contribution in [0.2, 0.25) is 0 Å². The lowest BCUT2D eigenvalue weighted by molar-refractivity contribution is -0.123. The van der Waals surface area contributed by atoms with Crippen LogP contribution in [0.4, 0.5) is 5.82 Å². The van der Waals surface area contributed by atoms with Gasteiger partial charge >= 0.3 is 0 Å². The van der Waals surface area contributed by atoms with Gasteiger partial charge in [-0.2, -0.15) is 0 Å². The number of ether oxygens (including phenoxy) is 1. The summed E-state index contributed by atoms with van der Waals surface area (Å²) in [4.78, 5) is 46.7. The number of carbonyl (C=O) groups is 2. The third-order valence-electron chi connectivity index (χ3n) is 5.85. The number of aromatic nitrogens is 2. The van der Waals surface area contributed by atoms with E-state index < -0.39 is 0 Å². The van der Waals surface area contributed by atoms with Crippen molar-refractivity contribution in [1.29, 1.82) is 0 Å². The molecule has 0 aliphatic carbocycles. The van der Waals surface area contributed by atoms with Crippen molar-refractivity contribution >= 4 is 57.7 Å². The molecule has 0 aromatic carbocycles. The van der Waals surface area contributed by atoms with Gasteiger partial charge in [-0.3, -0.25) is 23.7 Å². The molecule has 4 heterocycles. The minimum Gasteiger partial charge on any atom is -0.383 e. The molecule has 2 fully saturated rings. The molecule has 4 rings (SSSR count).